The Kier molecular flexibility index (Phi) is 17.8. The minimum atomic E-state index is -0.728. The molecule has 4 aliphatic carbocycles. The van der Waals surface area contributed by atoms with Gasteiger partial charge in [-0.2, -0.15) is 0 Å². The van der Waals surface area contributed by atoms with E-state index in [0.717, 1.165) is 25.7 Å². The lowest BCUT2D eigenvalue weighted by Crippen LogP contribution is -2.40. The molecule has 25 nitrogen and oxygen atoms in total. The van der Waals surface area contributed by atoms with Gasteiger partial charge in [0.2, 0.25) is 6.10 Å². The highest BCUT2D eigenvalue weighted by atomic mass is 16.7. The molecule has 0 radical (unpaired) electrons. The third-order valence-electron chi connectivity index (χ3n) is 17.1. The molecule has 0 aromatic carbocycles. The summed E-state index contributed by atoms with van der Waals surface area (Å²) in [5.41, 5.74) is 1.89. The Balaban J connectivity index is 0.000000127. The van der Waals surface area contributed by atoms with Crippen LogP contribution in [0, 0.1) is 47.3 Å². The second kappa shape index (κ2) is 24.5. The molecule has 13 fully saturated rings. The molecule has 8 bridgehead atoms. The number of allylic oxidation sites excluding steroid dienone is 1. The highest BCUT2D eigenvalue weighted by Gasteiger charge is 2.67. The summed E-state index contributed by atoms with van der Waals surface area (Å²) in [6.07, 6.45) is 0.256. The van der Waals surface area contributed by atoms with E-state index in [4.69, 9.17) is 61.6 Å². The molecular weight excluding hydrogens is 1110 g/mol. The second-order valence-electron chi connectivity index (χ2n) is 23.3. The van der Waals surface area contributed by atoms with Crippen LogP contribution in [0.3, 0.4) is 0 Å². The maximum Gasteiger partial charge on any atom is 0.347 e. The van der Waals surface area contributed by atoms with E-state index in [1.807, 2.05) is 0 Å². The molecule has 9 saturated heterocycles. The Morgan fingerprint density at radius 2 is 0.810 bits per heavy atom. The summed E-state index contributed by atoms with van der Waals surface area (Å²) in [7, 11) is 0. The van der Waals surface area contributed by atoms with Gasteiger partial charge in [0, 0.05) is 52.4 Å². The van der Waals surface area contributed by atoms with Crippen molar-refractivity contribution >= 4 is 65.7 Å². The van der Waals surface area contributed by atoms with Gasteiger partial charge in [0.05, 0.1) is 42.5 Å². The molecule has 21 atom stereocenters. The lowest BCUT2D eigenvalue weighted by Gasteiger charge is -2.25. The zero-order valence-electron chi connectivity index (χ0n) is 47.1. The number of hydrogen-bond acceptors (Lipinski definition) is 25. The van der Waals surface area contributed by atoms with Gasteiger partial charge >= 0.3 is 65.7 Å². The van der Waals surface area contributed by atoms with Crippen molar-refractivity contribution in [1.29, 1.82) is 0 Å². The first-order valence-electron chi connectivity index (χ1n) is 27.8. The Morgan fingerprint density at radius 1 is 0.417 bits per heavy atom. The van der Waals surface area contributed by atoms with Gasteiger partial charge < -0.3 is 66.3 Å². The summed E-state index contributed by atoms with van der Waals surface area (Å²) >= 11 is 0. The summed E-state index contributed by atoms with van der Waals surface area (Å²) in [6.45, 7) is 28.8. The van der Waals surface area contributed by atoms with Crippen molar-refractivity contribution in [2.24, 2.45) is 47.3 Å². The first-order valence-corrected chi connectivity index (χ1v) is 27.8. The van der Waals surface area contributed by atoms with Crippen molar-refractivity contribution in [3.05, 3.63) is 73.1 Å². The lowest BCUT2D eigenvalue weighted by molar-refractivity contribution is -0.168. The molecule has 25 heteroatoms. The number of carbonyl (C=O) groups excluding carboxylic acids is 11. The van der Waals surface area contributed by atoms with Gasteiger partial charge in [-0.25, -0.2) is 33.6 Å². The molecule has 13 aliphatic rings. The fraction of sp³-hybridized carbons (Fsp3) is 0.610. The van der Waals surface area contributed by atoms with E-state index in [9.17, 15) is 52.7 Å². The topological polar surface area (TPSA) is 317 Å². The lowest BCUT2D eigenvalue weighted by atomic mass is 9.88. The summed E-state index contributed by atoms with van der Waals surface area (Å²) in [5.74, 6) is -3.39. The Labute approximate surface area is 482 Å². The molecule has 0 aromatic rings. The number of ether oxygens (including phenoxy) is 14. The number of cyclic esters (lactones) is 1. The molecule has 21 unspecified atom stereocenters. The average Bonchev–Trinajstić information content (AvgIpc) is 2.66. The number of hydrogen-bond donors (Lipinski definition) is 0. The third kappa shape index (κ3) is 12.3. The standard InChI is InChI=1S/2C14H16O6.C12H14O4.C11H12O5.C8H10O4/c1-6(2)7(3)17-5-10(15)19-12-9-4-8-11(18-9)13(12)20-14(8)16;1-6(2)13(16)18-5-10(15)19-11-7-3-8-9(4-7)14(17)20-12(8)11;1-5(2)11(13)15-9-6-3-7-8(4-6)12(14)16-10(7)9;1-4(2)10(12)15-8-6-3-5-7(14-6)9(8)16-11(5)13;1-5(2)7(9)12-6-3-4-11-8(6)10/h8-9,11-13H,1,3-5H2,2H3;7-9,11-12H,1,3-5H2,2H3;6-10H,1,3-4H2,2H3;5-9H,1,3H2,2H3;6H,1,3-4H2,2H3. The summed E-state index contributed by atoms with van der Waals surface area (Å²) in [6, 6.07) is 0. The van der Waals surface area contributed by atoms with E-state index in [1.165, 1.54) is 13.8 Å². The van der Waals surface area contributed by atoms with Crippen LogP contribution in [0.1, 0.15) is 79.6 Å². The third-order valence-corrected chi connectivity index (χ3v) is 17.1. The summed E-state index contributed by atoms with van der Waals surface area (Å²) < 4.78 is 72.6. The molecule has 454 valence electrons. The van der Waals surface area contributed by atoms with Gasteiger partial charge in [0.1, 0.15) is 42.4 Å². The van der Waals surface area contributed by atoms with Crippen molar-refractivity contribution in [3.8, 4) is 0 Å². The summed E-state index contributed by atoms with van der Waals surface area (Å²) in [4.78, 5) is 125. The van der Waals surface area contributed by atoms with Crippen LogP contribution in [-0.4, -0.2) is 165 Å². The predicted molar refractivity (Wildman–Crippen MR) is 278 cm³/mol. The smallest absolute Gasteiger partial charge is 0.347 e. The molecule has 0 N–H and O–H groups in total. The Hall–Kier alpha value is -7.67. The summed E-state index contributed by atoms with van der Waals surface area (Å²) in [5, 5.41) is 0. The van der Waals surface area contributed by atoms with Crippen LogP contribution in [-0.2, 0) is 119 Å². The number of esters is 11. The van der Waals surface area contributed by atoms with E-state index < -0.39 is 79.0 Å². The van der Waals surface area contributed by atoms with Crippen LogP contribution in [0.4, 0.5) is 0 Å². The molecule has 0 aromatic heterocycles. The largest absolute Gasteiger partial charge is 0.482 e. The van der Waals surface area contributed by atoms with Crippen molar-refractivity contribution < 1.29 is 119 Å². The molecule has 9 aliphatic heterocycles. The van der Waals surface area contributed by atoms with E-state index >= 15 is 0 Å². The van der Waals surface area contributed by atoms with Crippen molar-refractivity contribution in [1.82, 2.24) is 0 Å². The first-order chi connectivity index (χ1) is 39.7. The van der Waals surface area contributed by atoms with Crippen LogP contribution in [0.2, 0.25) is 0 Å². The van der Waals surface area contributed by atoms with Crippen LogP contribution < -0.4 is 0 Å². The fourth-order valence-electron chi connectivity index (χ4n) is 13.0. The van der Waals surface area contributed by atoms with Crippen LogP contribution in [0.25, 0.3) is 0 Å². The highest BCUT2D eigenvalue weighted by molar-refractivity contribution is 5.90. The monoisotopic (exact) mass is 1180 g/mol. The van der Waals surface area contributed by atoms with Crippen LogP contribution >= 0.6 is 0 Å². The SMILES string of the molecule is C=C(C)C(=C)OCC(=O)OC1C2CC3C(=O)OC1C3O2.C=C(C)C(=O)OC1C2CC3C(=O)OC1C3C2.C=C(C)C(=O)OC1C2CC3C(=O)OC1C3O2.C=C(C)C(=O)OC1CCOC1=O.C=C(C)C(=O)OCC(=O)OC1C2CC3C(=O)OC1C3C2. The maximum absolute atomic E-state index is 11.7. The van der Waals surface area contributed by atoms with E-state index in [0.29, 0.717) is 54.3 Å². The van der Waals surface area contributed by atoms with Gasteiger partial charge in [0.15, 0.2) is 37.6 Å². The van der Waals surface area contributed by atoms with Gasteiger partial charge in [0.25, 0.3) is 0 Å². The molecule has 84 heavy (non-hydrogen) atoms. The molecule has 4 saturated carbocycles. The average molecular weight is 1180 g/mol. The zero-order valence-corrected chi connectivity index (χ0v) is 47.1. The molecular formula is C59H68O25. The Morgan fingerprint density at radius 3 is 1.25 bits per heavy atom. The number of rotatable bonds is 15. The van der Waals surface area contributed by atoms with Gasteiger partial charge in [-0.1, -0.05) is 39.5 Å². The van der Waals surface area contributed by atoms with E-state index in [2.05, 4.69) is 44.2 Å². The van der Waals surface area contributed by atoms with E-state index in [1.54, 1.807) is 20.8 Å². The molecule has 0 amide bonds. The Bertz CT molecular complexity index is 2700. The number of fused-ring (bicyclic) bond motifs is 4. The molecule has 13 rings (SSSR count). The second-order valence-corrected chi connectivity index (χ2v) is 23.3. The fourth-order valence-corrected chi connectivity index (χ4v) is 13.0. The minimum absolute atomic E-state index is 0.0128. The molecule has 0 spiro atoms. The minimum Gasteiger partial charge on any atom is -0.482 e. The maximum atomic E-state index is 11.7. The van der Waals surface area contributed by atoms with Crippen molar-refractivity contribution in [2.45, 2.75) is 159 Å². The van der Waals surface area contributed by atoms with Gasteiger partial charge in [-0.05, 0) is 78.7 Å². The quantitative estimate of drug-likeness (QED) is 0.0748. The van der Waals surface area contributed by atoms with Crippen molar-refractivity contribution in [3.63, 3.8) is 0 Å². The van der Waals surface area contributed by atoms with Gasteiger partial charge in [-0.15, -0.1) is 0 Å². The molecule has 9 heterocycles. The van der Waals surface area contributed by atoms with Crippen LogP contribution in [0.5, 0.6) is 0 Å². The van der Waals surface area contributed by atoms with Crippen molar-refractivity contribution in [2.75, 3.05) is 19.8 Å². The number of carbonyl (C=O) groups is 11. The van der Waals surface area contributed by atoms with Crippen LogP contribution in [0.15, 0.2) is 73.1 Å². The van der Waals surface area contributed by atoms with E-state index in [-0.39, 0.29) is 132 Å². The van der Waals surface area contributed by atoms with Gasteiger partial charge in [-0.3, -0.25) is 19.2 Å². The predicted octanol–water partition coefficient (Wildman–Crippen LogP) is 2.98. The zero-order chi connectivity index (χ0) is 60.9. The highest BCUT2D eigenvalue weighted by Crippen LogP contribution is 2.57. The normalized spacial score (nSPS) is 37.1. The first kappa shape index (κ1) is 60.9.